The van der Waals surface area contributed by atoms with Gasteiger partial charge in [-0.15, -0.1) is 0 Å². The van der Waals surface area contributed by atoms with Crippen LogP contribution >= 0.6 is 11.6 Å². The van der Waals surface area contributed by atoms with Gasteiger partial charge in [-0.2, -0.15) is 4.31 Å². The van der Waals surface area contributed by atoms with Gasteiger partial charge in [0.05, 0.1) is 11.3 Å². The molecule has 1 aliphatic heterocycles. The molecule has 1 fully saturated rings. The SMILES string of the molecule is NC(=O)[C@H]1CN(C(=O)Cc2ccncc2)CCN1S(=O)(=O)c1cc(F)c(Oc2ccc(Cl)cc2)c(F)c1. The second-order valence-electron chi connectivity index (χ2n) is 8.18. The molecule has 0 saturated carbocycles. The minimum absolute atomic E-state index is 0.0201. The van der Waals surface area contributed by atoms with Gasteiger partial charge < -0.3 is 15.4 Å². The molecule has 0 spiro atoms. The zero-order valence-corrected chi connectivity index (χ0v) is 20.8. The average Bonchev–Trinajstić information content (AvgIpc) is 2.87. The van der Waals surface area contributed by atoms with Crippen LogP contribution in [0.2, 0.25) is 5.02 Å². The second kappa shape index (κ2) is 10.8. The third-order valence-electron chi connectivity index (χ3n) is 5.73. The van der Waals surface area contributed by atoms with Crippen LogP contribution in [0.25, 0.3) is 0 Å². The summed E-state index contributed by atoms with van der Waals surface area (Å²) < 4.78 is 62.1. The van der Waals surface area contributed by atoms with Gasteiger partial charge in [0.1, 0.15) is 11.8 Å². The van der Waals surface area contributed by atoms with E-state index < -0.39 is 44.3 Å². The van der Waals surface area contributed by atoms with E-state index in [-0.39, 0.29) is 37.7 Å². The first-order valence-electron chi connectivity index (χ1n) is 11.0. The maximum absolute atomic E-state index is 14.8. The molecule has 194 valence electrons. The van der Waals surface area contributed by atoms with E-state index in [2.05, 4.69) is 4.98 Å². The van der Waals surface area contributed by atoms with Crippen molar-refractivity contribution in [2.75, 3.05) is 19.6 Å². The molecule has 2 heterocycles. The van der Waals surface area contributed by atoms with Gasteiger partial charge in [0.2, 0.25) is 21.8 Å². The molecule has 1 saturated heterocycles. The highest BCUT2D eigenvalue weighted by Gasteiger charge is 2.41. The van der Waals surface area contributed by atoms with Gasteiger partial charge >= 0.3 is 0 Å². The minimum Gasteiger partial charge on any atom is -0.451 e. The zero-order valence-electron chi connectivity index (χ0n) is 19.2. The molecule has 0 radical (unpaired) electrons. The molecule has 1 atom stereocenters. The number of carbonyl (C=O) groups is 2. The summed E-state index contributed by atoms with van der Waals surface area (Å²) >= 11 is 5.79. The number of amides is 2. The quantitative estimate of drug-likeness (QED) is 0.482. The van der Waals surface area contributed by atoms with Gasteiger partial charge in [-0.1, -0.05) is 11.6 Å². The molecule has 2 aromatic carbocycles. The van der Waals surface area contributed by atoms with Crippen molar-refractivity contribution in [3.05, 3.63) is 83.1 Å². The van der Waals surface area contributed by atoms with E-state index in [0.29, 0.717) is 22.7 Å². The number of halogens is 3. The van der Waals surface area contributed by atoms with Crippen LogP contribution in [0.15, 0.2) is 65.8 Å². The minimum atomic E-state index is -4.57. The molecule has 0 aliphatic carbocycles. The lowest BCUT2D eigenvalue weighted by Gasteiger charge is -2.39. The Hall–Kier alpha value is -3.61. The highest BCUT2D eigenvalue weighted by molar-refractivity contribution is 7.89. The third kappa shape index (κ3) is 5.87. The molecule has 4 rings (SSSR count). The normalized spacial score (nSPS) is 16.4. The van der Waals surface area contributed by atoms with Crippen LogP contribution in [0.5, 0.6) is 11.5 Å². The number of benzene rings is 2. The van der Waals surface area contributed by atoms with Gasteiger partial charge in [0.25, 0.3) is 0 Å². The van der Waals surface area contributed by atoms with Crippen molar-refractivity contribution in [1.29, 1.82) is 0 Å². The number of rotatable bonds is 7. The second-order valence-corrected chi connectivity index (χ2v) is 10.5. The monoisotopic (exact) mass is 550 g/mol. The van der Waals surface area contributed by atoms with E-state index in [0.717, 1.165) is 4.31 Å². The van der Waals surface area contributed by atoms with E-state index in [1.54, 1.807) is 12.1 Å². The van der Waals surface area contributed by atoms with Crippen molar-refractivity contribution in [3.63, 3.8) is 0 Å². The first-order chi connectivity index (χ1) is 17.6. The van der Waals surface area contributed by atoms with Gasteiger partial charge in [0, 0.05) is 37.1 Å². The Morgan fingerprint density at radius 3 is 2.27 bits per heavy atom. The molecule has 37 heavy (non-hydrogen) atoms. The Morgan fingerprint density at radius 1 is 1.05 bits per heavy atom. The molecule has 1 aliphatic rings. The van der Waals surface area contributed by atoms with Crippen LogP contribution in [0, 0.1) is 11.6 Å². The number of carbonyl (C=O) groups excluding carboxylic acids is 2. The van der Waals surface area contributed by atoms with E-state index in [1.165, 1.54) is 41.6 Å². The van der Waals surface area contributed by atoms with Crippen LogP contribution in [-0.4, -0.2) is 60.1 Å². The number of hydrogen-bond donors (Lipinski definition) is 1. The summed E-state index contributed by atoms with van der Waals surface area (Å²) in [6.45, 7) is -0.652. The van der Waals surface area contributed by atoms with E-state index >= 15 is 0 Å². The topological polar surface area (TPSA) is 123 Å². The largest absolute Gasteiger partial charge is 0.451 e. The molecule has 2 amide bonds. The van der Waals surface area contributed by atoms with Gasteiger partial charge in [-0.05, 0) is 54.1 Å². The van der Waals surface area contributed by atoms with Crippen LogP contribution in [0.1, 0.15) is 5.56 Å². The van der Waals surface area contributed by atoms with E-state index in [1.807, 2.05) is 0 Å². The molecule has 0 bridgehead atoms. The maximum atomic E-state index is 14.8. The number of primary amides is 1. The van der Waals surface area contributed by atoms with Crippen LogP contribution in [0.4, 0.5) is 8.78 Å². The lowest BCUT2D eigenvalue weighted by molar-refractivity contribution is -0.134. The number of sulfonamides is 1. The molecule has 3 aromatic rings. The van der Waals surface area contributed by atoms with Crippen LogP contribution < -0.4 is 10.5 Å². The Bertz CT molecular complexity index is 1400. The Kier molecular flexibility index (Phi) is 7.71. The summed E-state index contributed by atoms with van der Waals surface area (Å²) in [6, 6.07) is 8.77. The summed E-state index contributed by atoms with van der Waals surface area (Å²) in [6.07, 6.45) is 3.08. The van der Waals surface area contributed by atoms with Gasteiger partial charge in [-0.25, -0.2) is 17.2 Å². The predicted octanol–water partition coefficient (Wildman–Crippen LogP) is 2.74. The molecular weight excluding hydrogens is 530 g/mol. The van der Waals surface area contributed by atoms with Crippen molar-refractivity contribution >= 4 is 33.4 Å². The summed E-state index contributed by atoms with van der Waals surface area (Å²) in [5.74, 6) is -4.60. The molecule has 9 nitrogen and oxygen atoms in total. The van der Waals surface area contributed by atoms with E-state index in [4.69, 9.17) is 22.1 Å². The number of hydrogen-bond acceptors (Lipinski definition) is 6. The summed E-state index contributed by atoms with van der Waals surface area (Å²) in [5, 5.41) is 0.387. The van der Waals surface area contributed by atoms with Gasteiger partial charge in [0.15, 0.2) is 17.4 Å². The standard InChI is InChI=1S/C24H21ClF2N4O5S/c25-16-1-3-17(4-2-16)36-23-19(26)12-18(13-20(23)27)37(34,35)31-10-9-30(14-21(31)24(28)33)22(32)11-15-5-7-29-8-6-15/h1-8,12-13,21H,9-11,14H2,(H2,28,33)/t21-/m1/s1. The molecule has 13 heteroatoms. The summed E-state index contributed by atoms with van der Waals surface area (Å²) in [5.41, 5.74) is 6.15. The predicted molar refractivity (Wildman–Crippen MR) is 129 cm³/mol. The highest BCUT2D eigenvalue weighted by atomic mass is 35.5. The highest BCUT2D eigenvalue weighted by Crippen LogP contribution is 2.32. The number of nitrogens with zero attached hydrogens (tertiary/aromatic N) is 3. The van der Waals surface area contributed by atoms with E-state index in [9.17, 15) is 26.8 Å². The fourth-order valence-corrected chi connectivity index (χ4v) is 5.57. The lowest BCUT2D eigenvalue weighted by Crippen LogP contribution is -2.60. The van der Waals surface area contributed by atoms with Crippen molar-refractivity contribution < 1.29 is 31.5 Å². The zero-order chi connectivity index (χ0) is 26.7. The van der Waals surface area contributed by atoms with Crippen molar-refractivity contribution in [2.24, 2.45) is 5.73 Å². The number of piperazine rings is 1. The number of aromatic nitrogens is 1. The first kappa shape index (κ1) is 26.5. The Balaban J connectivity index is 1.55. The first-order valence-corrected chi connectivity index (χ1v) is 12.8. The number of ether oxygens (including phenoxy) is 1. The van der Waals surface area contributed by atoms with Crippen LogP contribution in [0.3, 0.4) is 0 Å². The average molecular weight is 551 g/mol. The smallest absolute Gasteiger partial charge is 0.244 e. The molecule has 2 N–H and O–H groups in total. The Morgan fingerprint density at radius 2 is 1.68 bits per heavy atom. The molecule has 1 aromatic heterocycles. The molecule has 0 unspecified atom stereocenters. The lowest BCUT2D eigenvalue weighted by atomic mass is 10.1. The van der Waals surface area contributed by atoms with Crippen molar-refractivity contribution in [3.8, 4) is 11.5 Å². The fourth-order valence-electron chi connectivity index (χ4n) is 3.84. The summed E-state index contributed by atoms with van der Waals surface area (Å²) in [4.78, 5) is 29.4. The third-order valence-corrected chi connectivity index (χ3v) is 7.87. The van der Waals surface area contributed by atoms with Crippen LogP contribution in [-0.2, 0) is 26.0 Å². The number of nitrogens with two attached hydrogens (primary N) is 1. The number of pyridine rings is 1. The molecular formula is C24H21ClF2N4O5S. The maximum Gasteiger partial charge on any atom is 0.244 e. The van der Waals surface area contributed by atoms with Crippen molar-refractivity contribution in [1.82, 2.24) is 14.2 Å². The van der Waals surface area contributed by atoms with Crippen molar-refractivity contribution in [2.45, 2.75) is 17.4 Å². The van der Waals surface area contributed by atoms with Gasteiger partial charge in [-0.3, -0.25) is 14.6 Å². The Labute approximate surface area is 216 Å². The summed E-state index contributed by atoms with van der Waals surface area (Å²) in [7, 11) is -4.57. The fraction of sp³-hybridized carbons (Fsp3) is 0.208.